The first-order valence-electron chi connectivity index (χ1n) is 19.9. The fourth-order valence-corrected chi connectivity index (χ4v) is 7.42. The summed E-state index contributed by atoms with van der Waals surface area (Å²) in [7, 11) is 0. The van der Waals surface area contributed by atoms with E-state index in [9.17, 15) is 20.4 Å². The van der Waals surface area contributed by atoms with Crippen molar-refractivity contribution >= 4 is 0 Å². The van der Waals surface area contributed by atoms with E-state index in [1.807, 2.05) is 77.9 Å². The van der Waals surface area contributed by atoms with Crippen molar-refractivity contribution in [1.82, 2.24) is 0 Å². The summed E-state index contributed by atoms with van der Waals surface area (Å²) in [6.45, 7) is 13.9. The summed E-state index contributed by atoms with van der Waals surface area (Å²) >= 11 is 0. The molecule has 302 valence electrons. The Kier molecular flexibility index (Phi) is 13.1. The van der Waals surface area contributed by atoms with Gasteiger partial charge in [0.2, 0.25) is 0 Å². The van der Waals surface area contributed by atoms with Gasteiger partial charge in [-0.2, -0.15) is 0 Å². The number of phenols is 4. The Morgan fingerprint density at radius 2 is 0.439 bits per heavy atom. The van der Waals surface area contributed by atoms with Crippen LogP contribution in [0.1, 0.15) is 97.2 Å². The molecule has 0 aromatic heterocycles. The van der Waals surface area contributed by atoms with Crippen molar-refractivity contribution in [3.05, 3.63) is 116 Å². The van der Waals surface area contributed by atoms with Gasteiger partial charge in [0, 0.05) is 87.7 Å². The van der Waals surface area contributed by atoms with Crippen molar-refractivity contribution < 1.29 is 48.8 Å². The van der Waals surface area contributed by atoms with E-state index in [1.54, 1.807) is 24.3 Å². The zero-order valence-electron chi connectivity index (χ0n) is 33.8. The van der Waals surface area contributed by atoms with Gasteiger partial charge in [-0.05, 0) is 102 Å². The van der Waals surface area contributed by atoms with E-state index in [-0.39, 0.29) is 48.7 Å². The third kappa shape index (κ3) is 9.22. The van der Waals surface area contributed by atoms with Crippen LogP contribution < -0.4 is 28.4 Å². The lowest BCUT2D eigenvalue weighted by atomic mass is 9.94. The minimum Gasteiger partial charge on any atom is -0.508 e. The third-order valence-electron chi connectivity index (χ3n) is 9.99. The second kappa shape index (κ2) is 18.4. The molecular weight excluding hydrogens is 725 g/mol. The Hall–Kier alpha value is -5.90. The van der Waals surface area contributed by atoms with Crippen LogP contribution in [-0.4, -0.2) is 60.1 Å². The largest absolute Gasteiger partial charge is 0.508 e. The number of aromatic hydroxyl groups is 4. The van der Waals surface area contributed by atoms with Crippen LogP contribution in [-0.2, 0) is 32.1 Å². The normalized spacial score (nSPS) is 12.4. The first-order chi connectivity index (χ1) is 27.6. The van der Waals surface area contributed by atoms with Crippen molar-refractivity contribution in [1.29, 1.82) is 0 Å². The molecule has 0 saturated heterocycles. The summed E-state index contributed by atoms with van der Waals surface area (Å²) in [6, 6.07) is 17.9. The molecule has 0 fully saturated rings. The first kappa shape index (κ1) is 40.8. The summed E-state index contributed by atoms with van der Waals surface area (Å²) in [5.74, 6) is 3.83. The molecule has 5 aromatic carbocycles. The van der Waals surface area contributed by atoms with E-state index >= 15 is 0 Å². The van der Waals surface area contributed by atoms with E-state index < -0.39 is 0 Å². The summed E-state index contributed by atoms with van der Waals surface area (Å²) < 4.78 is 37.1. The maximum atomic E-state index is 11.4. The van der Waals surface area contributed by atoms with Crippen LogP contribution in [0.3, 0.4) is 0 Å². The molecular formula is C47H54O10. The Labute approximate surface area is 335 Å². The monoisotopic (exact) mass is 778 g/mol. The Balaban J connectivity index is 1.59. The zero-order valence-corrected chi connectivity index (χ0v) is 33.8. The molecule has 10 heteroatoms. The molecule has 0 atom stereocenters. The quantitative estimate of drug-likeness (QED) is 0.0891. The lowest BCUT2D eigenvalue weighted by Gasteiger charge is -2.20. The Morgan fingerprint density at radius 1 is 0.281 bits per heavy atom. The van der Waals surface area contributed by atoms with E-state index in [4.69, 9.17) is 28.4 Å². The van der Waals surface area contributed by atoms with Crippen molar-refractivity contribution in [2.75, 3.05) is 39.6 Å². The average molecular weight is 779 g/mol. The maximum Gasteiger partial charge on any atom is 0.123 e. The van der Waals surface area contributed by atoms with Crippen LogP contribution in [0, 0.1) is 0 Å². The highest BCUT2D eigenvalue weighted by atomic mass is 16.5. The number of ether oxygens (including phenoxy) is 6. The molecule has 57 heavy (non-hydrogen) atoms. The lowest BCUT2D eigenvalue weighted by Crippen LogP contribution is -2.06. The van der Waals surface area contributed by atoms with Crippen molar-refractivity contribution in [3.63, 3.8) is 0 Å². The molecule has 0 radical (unpaired) electrons. The van der Waals surface area contributed by atoms with Crippen LogP contribution in [0.15, 0.2) is 60.7 Å². The van der Waals surface area contributed by atoms with Gasteiger partial charge in [-0.15, -0.1) is 0 Å². The van der Waals surface area contributed by atoms with Crippen molar-refractivity contribution in [2.24, 2.45) is 0 Å². The van der Waals surface area contributed by atoms with Crippen LogP contribution >= 0.6 is 0 Å². The molecule has 0 amide bonds. The van der Waals surface area contributed by atoms with E-state index in [0.717, 1.165) is 33.4 Å². The molecule has 10 nitrogen and oxygen atoms in total. The van der Waals surface area contributed by atoms with Crippen LogP contribution in [0.5, 0.6) is 57.5 Å². The minimum atomic E-state index is 0.0231. The fraction of sp³-hybridized carbons (Fsp3) is 0.362. The first-order valence-corrected chi connectivity index (χ1v) is 19.9. The van der Waals surface area contributed by atoms with Gasteiger partial charge in [-0.1, -0.05) is 0 Å². The minimum absolute atomic E-state index is 0.0231. The molecule has 10 aliphatic carbocycles. The molecule has 0 aliphatic heterocycles. The third-order valence-corrected chi connectivity index (χ3v) is 9.99. The predicted octanol–water partition coefficient (Wildman–Crippen LogP) is 9.17. The molecule has 10 bridgehead atoms. The fourth-order valence-electron chi connectivity index (χ4n) is 7.42. The average Bonchev–Trinajstić information content (AvgIpc) is 3.17. The summed E-state index contributed by atoms with van der Waals surface area (Å²) in [5, 5.41) is 45.7. The molecule has 0 saturated carbocycles. The number of hydrogen-bond donors (Lipinski definition) is 4. The maximum absolute atomic E-state index is 11.4. The smallest absolute Gasteiger partial charge is 0.123 e. The van der Waals surface area contributed by atoms with Crippen LogP contribution in [0.4, 0.5) is 0 Å². The molecule has 4 N–H and O–H groups in total. The highest BCUT2D eigenvalue weighted by molar-refractivity contribution is 5.59. The highest BCUT2D eigenvalue weighted by Gasteiger charge is 2.22. The Morgan fingerprint density at radius 3 is 0.596 bits per heavy atom. The van der Waals surface area contributed by atoms with E-state index in [0.29, 0.717) is 103 Å². The van der Waals surface area contributed by atoms with E-state index in [1.165, 1.54) is 0 Å². The molecule has 5 aromatic rings. The second-order valence-electron chi connectivity index (χ2n) is 13.9. The highest BCUT2D eigenvalue weighted by Crippen LogP contribution is 2.42. The van der Waals surface area contributed by atoms with Crippen LogP contribution in [0.2, 0.25) is 0 Å². The topological polar surface area (TPSA) is 136 Å². The lowest BCUT2D eigenvalue weighted by molar-refractivity contribution is 0.322. The number of benzene rings is 5. The van der Waals surface area contributed by atoms with Crippen molar-refractivity contribution in [3.8, 4) is 57.5 Å². The summed E-state index contributed by atoms with van der Waals surface area (Å²) in [6.07, 6.45) is 1.47. The predicted molar refractivity (Wildman–Crippen MR) is 220 cm³/mol. The number of hydrogen-bond acceptors (Lipinski definition) is 10. The summed E-state index contributed by atoms with van der Waals surface area (Å²) in [5.41, 5.74) is 6.88. The number of phenolic OH excluding ortho intramolecular Hbond substituents is 4. The van der Waals surface area contributed by atoms with Gasteiger partial charge in [0.15, 0.2) is 0 Å². The summed E-state index contributed by atoms with van der Waals surface area (Å²) in [4.78, 5) is 0. The van der Waals surface area contributed by atoms with Gasteiger partial charge in [0.05, 0.1) is 39.6 Å². The van der Waals surface area contributed by atoms with Gasteiger partial charge >= 0.3 is 0 Å². The van der Waals surface area contributed by atoms with Gasteiger partial charge < -0.3 is 48.8 Å². The SMILES string of the molecule is CCOc1cc2c(OCC)cc1Cc1cc(O)c(cc1O)Cc1cc(OCC)c(cc1OCC)Cc1cc(OCC)c(cc1OCC)Cc1cc(O)c(cc1O)C2. The molecule has 0 heterocycles. The second-order valence-corrected chi connectivity index (χ2v) is 13.9. The molecule has 15 rings (SSSR count). The molecule has 10 aliphatic rings. The standard InChI is InChI=1S/C47H54O10/c1-7-52-42-22-33-14-29-19-41(51)31(21-39(29)49)16-35-25-47(57-12-6)37(27-45(35)55-10-4)17-36-26-44(54-9-3)34(24-46(36)56-11-5)15-30-20-38(48)28(18-40(30)50)13-32(42)23-43(33)53-8-2/h18-27,48-51H,7-17H2,1-6H3. The van der Waals surface area contributed by atoms with Crippen molar-refractivity contribution in [2.45, 2.75) is 73.6 Å². The number of rotatable bonds is 12. The molecule has 0 unspecified atom stereocenters. The van der Waals surface area contributed by atoms with E-state index in [2.05, 4.69) is 0 Å². The zero-order chi connectivity index (χ0) is 40.6. The molecule has 0 spiro atoms. The van der Waals surface area contributed by atoms with Gasteiger partial charge in [0.1, 0.15) is 57.5 Å². The van der Waals surface area contributed by atoms with Gasteiger partial charge in [-0.3, -0.25) is 0 Å². The van der Waals surface area contributed by atoms with Crippen LogP contribution in [0.25, 0.3) is 0 Å². The van der Waals surface area contributed by atoms with Gasteiger partial charge in [-0.25, -0.2) is 0 Å². The van der Waals surface area contributed by atoms with Gasteiger partial charge in [0.25, 0.3) is 0 Å². The Bertz CT molecular complexity index is 2050.